The Hall–Kier alpha value is -7.08. The molecule has 0 radical (unpaired) electrons. The molecule has 1 aliphatic carbocycles. The van der Waals surface area contributed by atoms with Gasteiger partial charge in [-0.05, 0) is 90.0 Å². The number of halogens is 4. The molecule has 5 aromatic rings. The predicted molar refractivity (Wildman–Crippen MR) is 216 cm³/mol. The SMILES string of the molecule is COC(=O)[C@H](CCNC(=O)C(=O)Nc1ccc(-c2ccc(C=N)cc2)cc1)NC(=O)c1ccc(Nc2nc(NC3(c4ccc(Cl)cc4)CC3)nc(OCC(F)(F)F)n2)cc1. The number of aromatic nitrogens is 3. The first kappa shape index (κ1) is 42.5. The molecule has 1 atom stereocenters. The fourth-order valence-electron chi connectivity index (χ4n) is 5.86. The molecule has 1 saturated carbocycles. The number of ether oxygens (including phenoxy) is 2. The monoisotopic (exact) mass is 843 g/mol. The average molecular weight is 844 g/mol. The zero-order valence-electron chi connectivity index (χ0n) is 31.7. The zero-order valence-corrected chi connectivity index (χ0v) is 32.5. The van der Waals surface area contributed by atoms with Crippen LogP contribution in [0.4, 0.5) is 36.4 Å². The quantitative estimate of drug-likeness (QED) is 0.0364. The van der Waals surface area contributed by atoms with Crippen molar-refractivity contribution in [1.82, 2.24) is 25.6 Å². The second-order valence-electron chi connectivity index (χ2n) is 13.5. The summed E-state index contributed by atoms with van der Waals surface area (Å²) in [5, 5.41) is 21.4. The molecule has 6 rings (SSSR count). The maximum atomic E-state index is 13.2. The number of anilines is 4. The van der Waals surface area contributed by atoms with Gasteiger partial charge in [0.2, 0.25) is 11.9 Å². The summed E-state index contributed by atoms with van der Waals surface area (Å²) in [7, 11) is 1.13. The molecule has 3 amide bonds. The minimum Gasteiger partial charge on any atom is -0.467 e. The van der Waals surface area contributed by atoms with Gasteiger partial charge in [-0.15, -0.1) is 0 Å². The van der Waals surface area contributed by atoms with E-state index in [0.717, 1.165) is 29.4 Å². The van der Waals surface area contributed by atoms with Crippen molar-refractivity contribution >= 4 is 64.8 Å². The highest BCUT2D eigenvalue weighted by Gasteiger charge is 2.45. The van der Waals surface area contributed by atoms with Crippen LogP contribution in [-0.4, -0.2) is 77.3 Å². The van der Waals surface area contributed by atoms with Gasteiger partial charge in [0.25, 0.3) is 5.91 Å². The van der Waals surface area contributed by atoms with Gasteiger partial charge in [-0.3, -0.25) is 14.4 Å². The van der Waals surface area contributed by atoms with E-state index in [9.17, 15) is 32.3 Å². The fourth-order valence-corrected chi connectivity index (χ4v) is 5.98. The highest BCUT2D eigenvalue weighted by molar-refractivity contribution is 6.39. The van der Waals surface area contributed by atoms with Gasteiger partial charge in [-0.25, -0.2) is 4.79 Å². The van der Waals surface area contributed by atoms with Crippen molar-refractivity contribution < 1.29 is 41.8 Å². The van der Waals surface area contributed by atoms with Crippen LogP contribution >= 0.6 is 11.6 Å². The number of alkyl halides is 3. The van der Waals surface area contributed by atoms with Crippen molar-refractivity contribution in [2.45, 2.75) is 37.0 Å². The summed E-state index contributed by atoms with van der Waals surface area (Å²) in [5.74, 6) is -3.54. The number of esters is 1. The Labute approximate surface area is 346 Å². The van der Waals surface area contributed by atoms with Crippen LogP contribution in [0.3, 0.4) is 0 Å². The Morgan fingerprint density at radius 3 is 2.05 bits per heavy atom. The topological polar surface area (TPSA) is 209 Å². The normalized spacial score (nSPS) is 13.2. The molecule has 4 aromatic carbocycles. The number of methoxy groups -OCH3 is 1. The molecule has 1 heterocycles. The number of nitrogens with one attached hydrogen (secondary N) is 6. The van der Waals surface area contributed by atoms with Crippen LogP contribution in [0.15, 0.2) is 97.1 Å². The van der Waals surface area contributed by atoms with Gasteiger partial charge in [0.15, 0.2) is 6.61 Å². The van der Waals surface area contributed by atoms with Crippen LogP contribution in [0.1, 0.15) is 40.7 Å². The third-order valence-electron chi connectivity index (χ3n) is 9.15. The van der Waals surface area contributed by atoms with Crippen molar-refractivity contribution in [2.75, 3.05) is 36.2 Å². The Kier molecular flexibility index (Phi) is 13.2. The molecule has 1 aliphatic rings. The summed E-state index contributed by atoms with van der Waals surface area (Å²) in [4.78, 5) is 63.1. The first-order chi connectivity index (χ1) is 28.7. The highest BCUT2D eigenvalue weighted by atomic mass is 35.5. The van der Waals surface area contributed by atoms with E-state index in [1.165, 1.54) is 30.5 Å². The van der Waals surface area contributed by atoms with Crippen LogP contribution in [-0.2, 0) is 24.7 Å². The van der Waals surface area contributed by atoms with Gasteiger partial charge in [-0.2, -0.15) is 28.1 Å². The maximum absolute atomic E-state index is 13.2. The lowest BCUT2D eigenvalue weighted by Crippen LogP contribution is -2.44. The van der Waals surface area contributed by atoms with E-state index in [0.29, 0.717) is 29.2 Å². The first-order valence-electron chi connectivity index (χ1n) is 18.3. The maximum Gasteiger partial charge on any atom is 0.422 e. The lowest BCUT2D eigenvalue weighted by molar-refractivity contribution is -0.154. The van der Waals surface area contributed by atoms with Gasteiger partial charge in [-0.1, -0.05) is 60.1 Å². The largest absolute Gasteiger partial charge is 0.467 e. The van der Waals surface area contributed by atoms with Crippen molar-refractivity contribution in [3.8, 4) is 17.1 Å². The van der Waals surface area contributed by atoms with Crippen LogP contribution < -0.4 is 31.3 Å². The fraction of sp³-hybridized carbons (Fsp3) is 0.220. The summed E-state index contributed by atoms with van der Waals surface area (Å²) < 4.78 is 48.6. The molecule has 310 valence electrons. The van der Waals surface area contributed by atoms with Crippen molar-refractivity contribution in [2.24, 2.45) is 0 Å². The summed E-state index contributed by atoms with van der Waals surface area (Å²) in [6, 6.07) is 25.3. The average Bonchev–Trinajstić information content (AvgIpc) is 4.02. The second-order valence-corrected chi connectivity index (χ2v) is 13.9. The van der Waals surface area contributed by atoms with Crippen molar-refractivity contribution in [1.29, 1.82) is 5.41 Å². The molecule has 0 spiro atoms. The number of rotatable bonds is 16. The van der Waals surface area contributed by atoms with Crippen LogP contribution in [0.5, 0.6) is 6.01 Å². The lowest BCUT2D eigenvalue weighted by Gasteiger charge is -2.19. The number of carbonyl (C=O) groups excluding carboxylic acids is 4. The predicted octanol–water partition coefficient (Wildman–Crippen LogP) is 6.39. The van der Waals surface area contributed by atoms with E-state index in [4.69, 9.17) is 26.5 Å². The number of nitrogens with zero attached hydrogens (tertiary/aromatic N) is 3. The molecule has 0 aliphatic heterocycles. The zero-order chi connectivity index (χ0) is 42.9. The molecule has 19 heteroatoms. The first-order valence-corrected chi connectivity index (χ1v) is 18.7. The lowest BCUT2D eigenvalue weighted by atomic mass is 10.0. The van der Waals surface area contributed by atoms with E-state index in [2.05, 4.69) is 41.5 Å². The van der Waals surface area contributed by atoms with E-state index >= 15 is 0 Å². The molecule has 1 aromatic heterocycles. The van der Waals surface area contributed by atoms with Gasteiger partial charge >= 0.3 is 30.0 Å². The van der Waals surface area contributed by atoms with E-state index in [1.807, 2.05) is 24.3 Å². The minimum absolute atomic E-state index is 0.0345. The van der Waals surface area contributed by atoms with Crippen molar-refractivity contribution in [3.05, 3.63) is 119 Å². The van der Waals surface area contributed by atoms with Crippen LogP contribution in [0.2, 0.25) is 5.02 Å². The summed E-state index contributed by atoms with van der Waals surface area (Å²) in [5.41, 5.74) is 3.71. The number of carbonyl (C=O) groups is 4. The number of amides is 3. The molecular formula is C41H37ClF3N9O6. The van der Waals surface area contributed by atoms with E-state index in [-0.39, 0.29) is 30.4 Å². The second kappa shape index (κ2) is 18.7. The highest BCUT2D eigenvalue weighted by Crippen LogP contribution is 2.48. The van der Waals surface area contributed by atoms with Gasteiger partial charge in [0.1, 0.15) is 6.04 Å². The standard InChI is InChI=1S/C41H37ClF3N9O6/c1-59-36(58)32(18-21-47-34(56)35(57)48-30-14-6-26(7-15-30)25-4-2-24(22-46)3-5-25)50-33(55)27-8-16-31(17-9-27)49-37-51-38(53-39(52-37)60-23-41(43,44)45)54-40(19-20-40)28-10-12-29(42)13-11-28/h2-17,22,32,46H,18-21,23H2,1H3,(H,47,56)(H,48,57)(H,50,55)(H2,49,51,52,53,54)/t32-/m0/s1. The third kappa shape index (κ3) is 11.5. The Balaban J connectivity index is 1.03. The third-order valence-corrected chi connectivity index (χ3v) is 9.40. The molecule has 0 unspecified atom stereocenters. The van der Waals surface area contributed by atoms with Gasteiger partial charge in [0, 0.05) is 34.7 Å². The number of hydrogen-bond donors (Lipinski definition) is 6. The molecule has 60 heavy (non-hydrogen) atoms. The van der Waals surface area contributed by atoms with E-state index < -0.39 is 54.1 Å². The van der Waals surface area contributed by atoms with Crippen molar-refractivity contribution in [3.63, 3.8) is 0 Å². The van der Waals surface area contributed by atoms with Crippen LogP contribution in [0, 0.1) is 5.41 Å². The summed E-state index contributed by atoms with van der Waals surface area (Å²) >= 11 is 6.04. The molecule has 1 fully saturated rings. The number of hydrogen-bond acceptors (Lipinski definition) is 12. The smallest absolute Gasteiger partial charge is 0.422 e. The molecule has 15 nitrogen and oxygen atoms in total. The summed E-state index contributed by atoms with van der Waals surface area (Å²) in [6.45, 7) is -1.80. The molecule has 6 N–H and O–H groups in total. The molecule has 0 saturated heterocycles. The van der Waals surface area contributed by atoms with Gasteiger partial charge < -0.3 is 41.5 Å². The summed E-state index contributed by atoms with van der Waals surface area (Å²) in [6.07, 6.45) is -2.11. The molecular weight excluding hydrogens is 807 g/mol. The van der Waals surface area contributed by atoms with Gasteiger partial charge in [0.05, 0.1) is 12.6 Å². The Bertz CT molecular complexity index is 2350. The van der Waals surface area contributed by atoms with Crippen LogP contribution in [0.25, 0.3) is 11.1 Å². The minimum atomic E-state index is -4.64. The number of benzene rings is 4. The Morgan fingerprint density at radius 1 is 0.833 bits per heavy atom. The Morgan fingerprint density at radius 2 is 1.45 bits per heavy atom. The van der Waals surface area contributed by atoms with E-state index in [1.54, 1.807) is 48.5 Å². The molecule has 0 bridgehead atoms.